The smallest absolute Gasteiger partial charge is 0.269 e. The molecule has 1 aromatic carbocycles. The molecular formula is C20H14Cl2N4O3. The Morgan fingerprint density at radius 1 is 1.34 bits per heavy atom. The number of fused-ring (bicyclic) bond motifs is 1. The molecule has 0 radical (unpaired) electrons. The highest BCUT2D eigenvalue weighted by molar-refractivity contribution is 6.35. The third-order valence-electron chi connectivity index (χ3n) is 3.83. The number of carbonyl (C=O) groups excluding carboxylic acids is 1. The van der Waals surface area contributed by atoms with Crippen LogP contribution in [-0.4, -0.2) is 21.8 Å². The lowest BCUT2D eigenvalue weighted by Gasteiger charge is -2.11. The SMILES string of the molecule is CCNC(=O)C(C#N)=Cc1c(Oc2ccc(Cl)cc2Cl)nc2ccccn2c1=O. The molecule has 0 bridgehead atoms. The van der Waals surface area contributed by atoms with Crippen molar-refractivity contribution in [2.24, 2.45) is 0 Å². The molecular weight excluding hydrogens is 415 g/mol. The number of nitriles is 1. The van der Waals surface area contributed by atoms with Crippen LogP contribution in [0.25, 0.3) is 11.7 Å². The summed E-state index contributed by atoms with van der Waals surface area (Å²) in [4.78, 5) is 29.5. The lowest BCUT2D eigenvalue weighted by Crippen LogP contribution is -2.25. The van der Waals surface area contributed by atoms with Crippen molar-refractivity contribution in [3.63, 3.8) is 0 Å². The fraction of sp³-hybridized carbons (Fsp3) is 0.100. The first-order chi connectivity index (χ1) is 13.9. The lowest BCUT2D eigenvalue weighted by molar-refractivity contribution is -0.116. The maximum atomic E-state index is 13.0. The molecule has 1 N–H and O–H groups in total. The number of ether oxygens (including phenoxy) is 1. The van der Waals surface area contributed by atoms with E-state index in [2.05, 4.69) is 10.3 Å². The molecule has 0 saturated carbocycles. The monoisotopic (exact) mass is 428 g/mol. The zero-order valence-electron chi connectivity index (χ0n) is 15.1. The molecule has 0 aliphatic heterocycles. The van der Waals surface area contributed by atoms with Crippen LogP contribution >= 0.6 is 23.2 Å². The highest BCUT2D eigenvalue weighted by Gasteiger charge is 2.18. The highest BCUT2D eigenvalue weighted by atomic mass is 35.5. The van der Waals surface area contributed by atoms with Crippen LogP contribution in [0, 0.1) is 11.3 Å². The summed E-state index contributed by atoms with van der Waals surface area (Å²) in [7, 11) is 0. The Labute approximate surface area is 175 Å². The van der Waals surface area contributed by atoms with Gasteiger partial charge in [0.15, 0.2) is 0 Å². The first-order valence-corrected chi connectivity index (χ1v) is 9.24. The summed E-state index contributed by atoms with van der Waals surface area (Å²) in [5.41, 5.74) is -0.504. The Hall–Kier alpha value is -3.34. The number of rotatable bonds is 5. The maximum absolute atomic E-state index is 13.0. The van der Waals surface area contributed by atoms with Gasteiger partial charge < -0.3 is 10.1 Å². The van der Waals surface area contributed by atoms with E-state index >= 15 is 0 Å². The van der Waals surface area contributed by atoms with E-state index in [1.54, 1.807) is 37.3 Å². The lowest BCUT2D eigenvalue weighted by atomic mass is 10.1. The second kappa shape index (κ2) is 8.78. The van der Waals surface area contributed by atoms with E-state index in [-0.39, 0.29) is 27.8 Å². The van der Waals surface area contributed by atoms with E-state index in [0.29, 0.717) is 17.2 Å². The molecule has 146 valence electrons. The van der Waals surface area contributed by atoms with Crippen molar-refractivity contribution < 1.29 is 9.53 Å². The first kappa shape index (κ1) is 20.4. The molecule has 3 aromatic rings. The Morgan fingerprint density at radius 3 is 2.83 bits per heavy atom. The van der Waals surface area contributed by atoms with Crippen LogP contribution in [0.2, 0.25) is 10.0 Å². The third kappa shape index (κ3) is 4.40. The number of pyridine rings is 1. The first-order valence-electron chi connectivity index (χ1n) is 8.49. The van der Waals surface area contributed by atoms with Gasteiger partial charge in [-0.2, -0.15) is 10.2 Å². The Balaban J connectivity index is 2.22. The molecule has 0 fully saturated rings. The van der Waals surface area contributed by atoms with Crippen LogP contribution in [0.3, 0.4) is 0 Å². The van der Waals surface area contributed by atoms with Gasteiger partial charge in [-0.3, -0.25) is 14.0 Å². The summed E-state index contributed by atoms with van der Waals surface area (Å²) < 4.78 is 7.06. The van der Waals surface area contributed by atoms with Gasteiger partial charge in [0.2, 0.25) is 5.88 Å². The minimum Gasteiger partial charge on any atom is -0.437 e. The predicted molar refractivity (Wildman–Crippen MR) is 110 cm³/mol. The number of hydrogen-bond donors (Lipinski definition) is 1. The molecule has 0 saturated heterocycles. The standard InChI is InChI=1S/C20H14Cl2N4O3/c1-2-24-18(27)12(11-23)9-14-19(29-16-7-6-13(21)10-15(16)22)25-17-5-3-4-8-26(17)20(14)28/h3-10H,2H2,1H3,(H,24,27). The van der Waals surface area contributed by atoms with Crippen molar-refractivity contribution >= 4 is 40.8 Å². The van der Waals surface area contributed by atoms with Crippen LogP contribution < -0.4 is 15.6 Å². The predicted octanol–water partition coefficient (Wildman–Crippen LogP) is 3.84. The summed E-state index contributed by atoms with van der Waals surface area (Å²) >= 11 is 12.1. The number of benzene rings is 1. The molecule has 0 aliphatic rings. The van der Waals surface area contributed by atoms with E-state index in [9.17, 15) is 14.9 Å². The van der Waals surface area contributed by atoms with E-state index in [4.69, 9.17) is 27.9 Å². The van der Waals surface area contributed by atoms with Gasteiger partial charge in [-0.15, -0.1) is 0 Å². The molecule has 0 atom stereocenters. The van der Waals surface area contributed by atoms with Crippen molar-refractivity contribution in [1.29, 1.82) is 5.26 Å². The topological polar surface area (TPSA) is 96.5 Å². The Bertz CT molecular complexity index is 1230. The van der Waals surface area contributed by atoms with Gasteiger partial charge in [-0.05, 0) is 43.3 Å². The summed E-state index contributed by atoms with van der Waals surface area (Å²) in [6, 6.07) is 11.4. The molecule has 0 spiro atoms. The second-order valence-electron chi connectivity index (χ2n) is 5.77. The zero-order valence-corrected chi connectivity index (χ0v) is 16.7. The minimum atomic E-state index is -0.608. The number of likely N-dealkylation sites (N-methyl/N-ethyl adjacent to an activating group) is 1. The number of carbonyl (C=O) groups is 1. The fourth-order valence-corrected chi connectivity index (χ4v) is 2.94. The van der Waals surface area contributed by atoms with Gasteiger partial charge in [0, 0.05) is 17.8 Å². The van der Waals surface area contributed by atoms with Crippen LogP contribution in [0.15, 0.2) is 53.0 Å². The van der Waals surface area contributed by atoms with E-state index in [1.807, 2.05) is 0 Å². The van der Waals surface area contributed by atoms with Crippen LogP contribution in [0.5, 0.6) is 11.6 Å². The van der Waals surface area contributed by atoms with Crippen molar-refractivity contribution in [1.82, 2.24) is 14.7 Å². The van der Waals surface area contributed by atoms with Crippen molar-refractivity contribution in [3.8, 4) is 17.7 Å². The van der Waals surface area contributed by atoms with E-state index in [0.717, 1.165) is 6.08 Å². The molecule has 2 heterocycles. The number of halogens is 2. The number of amides is 1. The summed E-state index contributed by atoms with van der Waals surface area (Å²) in [6.45, 7) is 2.05. The Morgan fingerprint density at radius 2 is 2.14 bits per heavy atom. The Kier molecular flexibility index (Phi) is 6.17. The molecule has 1 amide bonds. The zero-order chi connectivity index (χ0) is 21.0. The third-order valence-corrected chi connectivity index (χ3v) is 4.36. The largest absolute Gasteiger partial charge is 0.437 e. The van der Waals surface area contributed by atoms with Gasteiger partial charge >= 0.3 is 0 Å². The van der Waals surface area contributed by atoms with Gasteiger partial charge in [0.25, 0.3) is 11.5 Å². The summed E-state index contributed by atoms with van der Waals surface area (Å²) in [5.74, 6) is -0.486. The van der Waals surface area contributed by atoms with E-state index in [1.165, 1.54) is 22.7 Å². The van der Waals surface area contributed by atoms with E-state index < -0.39 is 11.5 Å². The van der Waals surface area contributed by atoms with Crippen LogP contribution in [-0.2, 0) is 4.79 Å². The molecule has 2 aromatic heterocycles. The highest BCUT2D eigenvalue weighted by Crippen LogP contribution is 2.32. The van der Waals surface area contributed by atoms with Crippen LogP contribution in [0.4, 0.5) is 0 Å². The maximum Gasteiger partial charge on any atom is 0.269 e. The number of aromatic nitrogens is 2. The molecule has 0 unspecified atom stereocenters. The van der Waals surface area contributed by atoms with Crippen molar-refractivity contribution in [2.45, 2.75) is 6.92 Å². The molecule has 7 nitrogen and oxygen atoms in total. The molecule has 9 heteroatoms. The molecule has 29 heavy (non-hydrogen) atoms. The summed E-state index contributed by atoms with van der Waals surface area (Å²) in [6.07, 6.45) is 2.68. The number of nitrogens with zero attached hydrogens (tertiary/aromatic N) is 3. The van der Waals surface area contributed by atoms with Gasteiger partial charge in [-0.25, -0.2) is 0 Å². The molecule has 0 aliphatic carbocycles. The van der Waals surface area contributed by atoms with Crippen molar-refractivity contribution in [3.05, 3.63) is 74.1 Å². The van der Waals surface area contributed by atoms with Crippen molar-refractivity contribution in [2.75, 3.05) is 6.54 Å². The van der Waals surface area contributed by atoms with Gasteiger partial charge in [0.1, 0.15) is 28.6 Å². The molecule has 3 rings (SSSR count). The fourth-order valence-electron chi connectivity index (χ4n) is 2.49. The normalized spacial score (nSPS) is 11.2. The quantitative estimate of drug-likeness (QED) is 0.491. The second-order valence-corrected chi connectivity index (χ2v) is 6.61. The minimum absolute atomic E-state index is 0.0671. The van der Waals surface area contributed by atoms with Gasteiger partial charge in [0.05, 0.1) is 5.02 Å². The number of hydrogen-bond acceptors (Lipinski definition) is 5. The number of nitrogens with one attached hydrogen (secondary N) is 1. The van der Waals surface area contributed by atoms with Gasteiger partial charge in [-0.1, -0.05) is 29.3 Å². The average Bonchev–Trinajstić information content (AvgIpc) is 2.70. The van der Waals surface area contributed by atoms with Crippen LogP contribution in [0.1, 0.15) is 12.5 Å². The average molecular weight is 429 g/mol. The summed E-state index contributed by atoms with van der Waals surface area (Å²) in [5, 5.41) is 12.5.